The van der Waals surface area contributed by atoms with Crippen molar-refractivity contribution in [3.05, 3.63) is 65.9 Å². The number of hydrogen-bond acceptors (Lipinski definition) is 11. The predicted octanol–water partition coefficient (Wildman–Crippen LogP) is 6.39. The number of nitrogens with zero attached hydrogens (tertiary/aromatic N) is 4. The summed E-state index contributed by atoms with van der Waals surface area (Å²) in [5.74, 6) is 1.57. The number of methoxy groups -OCH3 is 4. The highest BCUT2D eigenvalue weighted by atomic mass is 16.5. The van der Waals surface area contributed by atoms with Gasteiger partial charge >= 0.3 is 12.2 Å². The van der Waals surface area contributed by atoms with Crippen molar-refractivity contribution in [3.8, 4) is 28.1 Å². The molecule has 334 valence electrons. The molecule has 5 heterocycles. The van der Waals surface area contributed by atoms with Crippen LogP contribution in [-0.2, 0) is 35.1 Å². The number of carbonyl (C=O) groups excluding carboxylic acids is 4. The van der Waals surface area contributed by atoms with E-state index in [-0.39, 0.29) is 41.8 Å². The Morgan fingerprint density at radius 3 is 2.35 bits per heavy atom. The van der Waals surface area contributed by atoms with Gasteiger partial charge in [-0.05, 0) is 85.4 Å². The summed E-state index contributed by atoms with van der Waals surface area (Å²) in [7, 11) is 5.68. The van der Waals surface area contributed by atoms with Crippen LogP contribution in [0.3, 0.4) is 0 Å². The molecule has 2 unspecified atom stereocenters. The number of H-pyrrole nitrogens is 2. The number of likely N-dealkylation sites (tertiary alicyclic amines) is 2. The number of alkyl carbamates (subject to hydrolysis) is 2. The summed E-state index contributed by atoms with van der Waals surface area (Å²) >= 11 is 0. The van der Waals surface area contributed by atoms with Crippen molar-refractivity contribution in [3.63, 3.8) is 0 Å². The van der Waals surface area contributed by atoms with E-state index in [0.29, 0.717) is 37.8 Å². The van der Waals surface area contributed by atoms with E-state index in [1.54, 1.807) is 25.1 Å². The lowest BCUT2D eigenvalue weighted by Gasteiger charge is -2.32. The smallest absolute Gasteiger partial charge is 0.407 e. The number of ether oxygens (including phenoxy) is 5. The molecule has 4 amide bonds. The maximum atomic E-state index is 14.0. The first-order chi connectivity index (χ1) is 30.3. The zero-order chi connectivity index (χ0) is 44.7. The van der Waals surface area contributed by atoms with Crippen LogP contribution in [0.4, 0.5) is 9.59 Å². The van der Waals surface area contributed by atoms with Gasteiger partial charge in [0.2, 0.25) is 11.8 Å². The molecule has 0 radical (unpaired) electrons. The van der Waals surface area contributed by atoms with E-state index >= 15 is 0 Å². The molecule has 0 aliphatic carbocycles. The van der Waals surface area contributed by atoms with Crippen LogP contribution in [0, 0.1) is 11.8 Å². The predicted molar refractivity (Wildman–Crippen MR) is 234 cm³/mol. The number of rotatable bonds is 12. The molecule has 17 nitrogen and oxygen atoms in total. The number of nitrogens with one attached hydrogen (secondary N) is 4. The van der Waals surface area contributed by atoms with E-state index in [1.807, 2.05) is 31.7 Å². The Kier molecular flexibility index (Phi) is 12.3. The number of carbonyl (C=O) groups is 4. The highest BCUT2D eigenvalue weighted by molar-refractivity contribution is 6.07. The van der Waals surface area contributed by atoms with Crippen LogP contribution in [0.1, 0.15) is 76.3 Å². The van der Waals surface area contributed by atoms with Gasteiger partial charge in [-0.15, -0.1) is 0 Å². The maximum Gasteiger partial charge on any atom is 0.407 e. The van der Waals surface area contributed by atoms with Crippen molar-refractivity contribution in [2.24, 2.45) is 11.8 Å². The zero-order valence-corrected chi connectivity index (χ0v) is 36.9. The molecule has 3 aromatic carbocycles. The molecule has 5 aromatic rings. The fourth-order valence-corrected chi connectivity index (χ4v) is 9.44. The van der Waals surface area contributed by atoms with Gasteiger partial charge in [-0.1, -0.05) is 32.0 Å². The fourth-order valence-electron chi connectivity index (χ4n) is 9.44. The van der Waals surface area contributed by atoms with Crippen molar-refractivity contribution in [2.45, 2.75) is 89.9 Å². The van der Waals surface area contributed by atoms with E-state index < -0.39 is 30.4 Å². The van der Waals surface area contributed by atoms with Crippen LogP contribution in [0.15, 0.2) is 48.7 Å². The fraction of sp³-hybridized carbons (Fsp3) is 0.478. The first kappa shape index (κ1) is 43.4. The first-order valence-electron chi connectivity index (χ1n) is 21.4. The number of hydrogen-bond donors (Lipinski definition) is 4. The van der Waals surface area contributed by atoms with E-state index in [2.05, 4.69) is 57.0 Å². The van der Waals surface area contributed by atoms with E-state index in [9.17, 15) is 19.2 Å². The molecule has 2 saturated heterocycles. The largest absolute Gasteiger partial charge is 0.488 e. The van der Waals surface area contributed by atoms with Crippen LogP contribution in [0.25, 0.3) is 44.2 Å². The third kappa shape index (κ3) is 8.26. The summed E-state index contributed by atoms with van der Waals surface area (Å²) in [6, 6.07) is 12.1. The van der Waals surface area contributed by atoms with Crippen molar-refractivity contribution < 1.29 is 42.9 Å². The minimum Gasteiger partial charge on any atom is -0.488 e. The van der Waals surface area contributed by atoms with Gasteiger partial charge in [0.15, 0.2) is 0 Å². The highest BCUT2D eigenvalue weighted by Crippen LogP contribution is 2.44. The third-order valence-corrected chi connectivity index (χ3v) is 12.9. The van der Waals surface area contributed by atoms with Crippen molar-refractivity contribution >= 4 is 45.8 Å². The average molecular weight is 865 g/mol. The molecular formula is C46H56N8O9. The topological polar surface area (TPSA) is 202 Å². The van der Waals surface area contributed by atoms with Crippen molar-refractivity contribution in [1.82, 2.24) is 40.4 Å². The molecule has 8 rings (SSSR count). The second-order valence-electron chi connectivity index (χ2n) is 17.2. The summed E-state index contributed by atoms with van der Waals surface area (Å²) in [6.45, 7) is 8.82. The maximum absolute atomic E-state index is 14.0. The van der Waals surface area contributed by atoms with Gasteiger partial charge < -0.3 is 54.1 Å². The molecule has 0 saturated carbocycles. The molecule has 17 heteroatoms. The minimum absolute atomic E-state index is 0.0341. The van der Waals surface area contributed by atoms with Gasteiger partial charge in [-0.25, -0.2) is 19.6 Å². The summed E-state index contributed by atoms with van der Waals surface area (Å²) in [4.78, 5) is 72.8. The van der Waals surface area contributed by atoms with Crippen LogP contribution in [0.5, 0.6) is 5.75 Å². The molecule has 2 fully saturated rings. The molecule has 0 spiro atoms. The number of aromatic amines is 2. The van der Waals surface area contributed by atoms with Crippen LogP contribution in [-0.4, -0.2) is 120 Å². The highest BCUT2D eigenvalue weighted by Gasteiger charge is 2.43. The van der Waals surface area contributed by atoms with Crippen LogP contribution >= 0.6 is 0 Å². The van der Waals surface area contributed by atoms with Gasteiger partial charge in [0.1, 0.15) is 36.1 Å². The van der Waals surface area contributed by atoms with Gasteiger partial charge in [0, 0.05) is 43.7 Å². The van der Waals surface area contributed by atoms with Crippen LogP contribution in [0.2, 0.25) is 0 Å². The summed E-state index contributed by atoms with van der Waals surface area (Å²) in [5.41, 5.74) is 6.43. The quantitative estimate of drug-likeness (QED) is 0.108. The van der Waals surface area contributed by atoms with E-state index in [1.165, 1.54) is 21.3 Å². The first-order valence-corrected chi connectivity index (χ1v) is 21.4. The number of imidazole rings is 2. The van der Waals surface area contributed by atoms with Gasteiger partial charge in [0.05, 0.1) is 61.9 Å². The second-order valence-corrected chi connectivity index (χ2v) is 17.2. The average Bonchev–Trinajstić information content (AvgIpc) is 4.11. The molecule has 7 atom stereocenters. The molecule has 63 heavy (non-hydrogen) atoms. The molecule has 4 N–H and O–H groups in total. The minimum atomic E-state index is -0.963. The van der Waals surface area contributed by atoms with Gasteiger partial charge in [0.25, 0.3) is 0 Å². The van der Waals surface area contributed by atoms with E-state index in [0.717, 1.165) is 68.3 Å². The normalized spacial score (nSPS) is 20.8. The SMILES string of the molecule is COCC1C[C@@H](c2ncc(-c3ccc4c(c3)COc3cc5c(ccc6nc([C@@H]7CC[C@H](C)N7C(=O)[C@@H](NC(=O)OC)C(C)C)[nH]c65)cc3-4)[nH]2)N(C(=O)C(NC(=O)OC)[C@@H](C)OC)C1. The Balaban J connectivity index is 1.05. The lowest BCUT2D eigenvalue weighted by molar-refractivity contribution is -0.138. The van der Waals surface area contributed by atoms with E-state index in [4.69, 9.17) is 33.7 Å². The Hall–Kier alpha value is -6.20. The number of amides is 4. The Bertz CT molecular complexity index is 2540. The summed E-state index contributed by atoms with van der Waals surface area (Å²) < 4.78 is 27.0. The monoisotopic (exact) mass is 864 g/mol. The van der Waals surface area contributed by atoms with Gasteiger partial charge in [-0.3, -0.25) is 9.59 Å². The lowest BCUT2D eigenvalue weighted by Crippen LogP contribution is -2.54. The molecular weight excluding hydrogens is 809 g/mol. The zero-order valence-electron chi connectivity index (χ0n) is 36.9. The molecule has 3 aliphatic heterocycles. The summed E-state index contributed by atoms with van der Waals surface area (Å²) in [6.07, 6.45) is 1.99. The lowest BCUT2D eigenvalue weighted by atomic mass is 9.92. The number of benzene rings is 3. The van der Waals surface area contributed by atoms with Gasteiger partial charge in [-0.2, -0.15) is 0 Å². The Labute approximate surface area is 365 Å². The standard InChI is InChI=1S/C46H56N8O9/c1-23(2)38(51-45(57)61-7)44(56)54-24(3)9-14-35(54)42-48-33-13-11-27-17-32-30-12-10-28(16-29(30)22-63-37(32)18-31(27)40(33)50-42)34-19-47-41(49-34)36-15-26(21-59-5)20-53(36)43(55)39(25(4)60-6)52-46(58)62-8/h10-13,16-19,23-26,35-36,38-39H,9,14-15,20-22H2,1-8H3,(H,47,49)(H,48,50)(H,51,57)(H,52,58)/t24-,25+,26?,35-,36-,38-,39?/m0/s1. The second kappa shape index (κ2) is 17.9. The van der Waals surface area contributed by atoms with Crippen molar-refractivity contribution in [2.75, 3.05) is 41.6 Å². The molecule has 0 bridgehead atoms. The Morgan fingerprint density at radius 2 is 1.63 bits per heavy atom. The molecule has 2 aromatic heterocycles. The number of aromatic nitrogens is 4. The van der Waals surface area contributed by atoms with Crippen molar-refractivity contribution in [1.29, 1.82) is 0 Å². The Morgan fingerprint density at radius 1 is 0.873 bits per heavy atom. The summed E-state index contributed by atoms with van der Waals surface area (Å²) in [5, 5.41) is 7.35. The number of fused-ring (bicyclic) bond motifs is 6. The van der Waals surface area contributed by atoms with Crippen LogP contribution < -0.4 is 15.4 Å². The third-order valence-electron chi connectivity index (χ3n) is 12.9. The molecule has 3 aliphatic rings.